The Morgan fingerprint density at radius 3 is 2.54 bits per heavy atom. The molecule has 0 aromatic rings. The lowest BCUT2D eigenvalue weighted by Crippen LogP contribution is -2.04. The van der Waals surface area contributed by atoms with Crippen LogP contribution in [-0.2, 0) is 25.9 Å². The number of rotatable bonds is 7. The van der Waals surface area contributed by atoms with Crippen LogP contribution in [-0.4, -0.2) is 17.6 Å². The molecular formula is C7H17O4PS. The molecule has 0 aliphatic heterocycles. The second-order valence-electron chi connectivity index (χ2n) is 2.87. The fraction of sp³-hybridized carbons (Fsp3) is 1.00. The molecule has 80 valence electrons. The van der Waals surface area contributed by atoms with E-state index >= 15 is 0 Å². The molecule has 0 saturated carbocycles. The normalized spacial score (nSPS) is 16.1. The second kappa shape index (κ2) is 6.87. The predicted octanol–water partition coefficient (Wildman–Crippen LogP) is 2.38. The average Bonchev–Trinajstić information content (AvgIpc) is 2.02. The first-order valence-corrected chi connectivity index (χ1v) is 6.89. The Kier molecular flexibility index (Phi) is 7.13. The minimum atomic E-state index is -3.16. The maximum Gasteiger partial charge on any atom is 0.353 e. The van der Waals surface area contributed by atoms with E-state index in [1.54, 1.807) is 13.8 Å². The molecule has 0 aromatic carbocycles. The largest absolute Gasteiger partial charge is 0.353 e. The molecule has 1 atom stereocenters. The van der Waals surface area contributed by atoms with Gasteiger partial charge in [0.15, 0.2) is 0 Å². The van der Waals surface area contributed by atoms with E-state index in [2.05, 4.69) is 16.5 Å². The van der Waals surface area contributed by atoms with Crippen molar-refractivity contribution in [3.63, 3.8) is 0 Å². The smallest absolute Gasteiger partial charge is 0.323 e. The van der Waals surface area contributed by atoms with Gasteiger partial charge in [-0.2, -0.15) is 0 Å². The highest BCUT2D eigenvalue weighted by atomic mass is 32.5. The van der Waals surface area contributed by atoms with Crippen LogP contribution in [0.5, 0.6) is 0 Å². The van der Waals surface area contributed by atoms with Gasteiger partial charge in [-0.25, -0.2) is 4.89 Å². The SMILES string of the molecule is CCCCOP(O)(=S)OOC(C)C. The first-order valence-electron chi connectivity index (χ1n) is 4.30. The summed E-state index contributed by atoms with van der Waals surface area (Å²) in [4.78, 5) is 14.1. The Labute approximate surface area is 84.4 Å². The molecule has 0 fully saturated rings. The summed E-state index contributed by atoms with van der Waals surface area (Å²) < 4.78 is 9.55. The Morgan fingerprint density at radius 2 is 2.08 bits per heavy atom. The zero-order chi connectivity index (χ0) is 10.3. The molecule has 0 amide bonds. The molecule has 1 unspecified atom stereocenters. The maximum atomic E-state index is 9.35. The highest BCUT2D eigenvalue weighted by Gasteiger charge is 2.16. The van der Waals surface area contributed by atoms with E-state index in [9.17, 15) is 4.89 Å². The number of unbranched alkanes of at least 4 members (excludes halogenated alkanes) is 1. The summed E-state index contributed by atoms with van der Waals surface area (Å²) >= 11 is 4.67. The molecule has 0 aliphatic carbocycles. The van der Waals surface area contributed by atoms with Crippen LogP contribution in [0.4, 0.5) is 0 Å². The Morgan fingerprint density at radius 1 is 1.46 bits per heavy atom. The highest BCUT2D eigenvalue weighted by Crippen LogP contribution is 2.44. The summed E-state index contributed by atoms with van der Waals surface area (Å²) in [7, 11) is 0. The van der Waals surface area contributed by atoms with Crippen LogP contribution in [0.1, 0.15) is 33.6 Å². The van der Waals surface area contributed by atoms with E-state index in [4.69, 9.17) is 9.41 Å². The van der Waals surface area contributed by atoms with E-state index in [1.807, 2.05) is 6.92 Å². The zero-order valence-corrected chi connectivity index (χ0v) is 9.94. The molecule has 0 radical (unpaired) electrons. The van der Waals surface area contributed by atoms with Gasteiger partial charge in [-0.15, -0.1) is 4.67 Å². The summed E-state index contributed by atoms with van der Waals surface area (Å²) in [6, 6.07) is 0. The Bertz CT molecular complexity index is 174. The number of hydrogen-bond acceptors (Lipinski definition) is 4. The lowest BCUT2D eigenvalue weighted by molar-refractivity contribution is -0.243. The van der Waals surface area contributed by atoms with E-state index in [1.165, 1.54) is 0 Å². The first-order chi connectivity index (χ1) is 5.98. The molecule has 6 heteroatoms. The topological polar surface area (TPSA) is 47.9 Å². The van der Waals surface area contributed by atoms with Crippen molar-refractivity contribution in [1.29, 1.82) is 0 Å². The summed E-state index contributed by atoms with van der Waals surface area (Å²) in [5.74, 6) is 0. The molecule has 13 heavy (non-hydrogen) atoms. The van der Waals surface area contributed by atoms with Crippen LogP contribution in [0, 0.1) is 0 Å². The third-order valence-corrected chi connectivity index (χ3v) is 2.36. The van der Waals surface area contributed by atoms with E-state index in [-0.39, 0.29) is 6.10 Å². The molecule has 0 bridgehead atoms. The Hall–Kier alpha value is 0.490. The van der Waals surface area contributed by atoms with Crippen molar-refractivity contribution < 1.29 is 19.0 Å². The fourth-order valence-electron chi connectivity index (χ4n) is 0.486. The van der Waals surface area contributed by atoms with Crippen LogP contribution in [0.2, 0.25) is 0 Å². The van der Waals surface area contributed by atoms with Gasteiger partial charge in [0.2, 0.25) is 0 Å². The van der Waals surface area contributed by atoms with Gasteiger partial charge in [0.25, 0.3) is 0 Å². The standard InChI is InChI=1S/C7H17O4PS/c1-4-5-6-9-12(8,13)11-10-7(2)3/h7H,4-6H2,1-3H3,(H,8,13). The van der Waals surface area contributed by atoms with Crippen molar-refractivity contribution in [1.82, 2.24) is 0 Å². The van der Waals surface area contributed by atoms with Crippen LogP contribution < -0.4 is 0 Å². The van der Waals surface area contributed by atoms with Gasteiger partial charge < -0.3 is 9.42 Å². The van der Waals surface area contributed by atoms with Crippen LogP contribution in [0.25, 0.3) is 0 Å². The molecule has 0 aliphatic rings. The van der Waals surface area contributed by atoms with E-state index < -0.39 is 6.72 Å². The third kappa shape index (κ3) is 8.81. The van der Waals surface area contributed by atoms with Gasteiger partial charge in [-0.1, -0.05) is 13.3 Å². The van der Waals surface area contributed by atoms with Gasteiger partial charge in [0.05, 0.1) is 12.7 Å². The van der Waals surface area contributed by atoms with Gasteiger partial charge in [0, 0.05) is 0 Å². The predicted molar refractivity (Wildman–Crippen MR) is 54.7 cm³/mol. The quantitative estimate of drug-likeness (QED) is 0.314. The van der Waals surface area contributed by atoms with Crippen molar-refractivity contribution in [2.45, 2.75) is 39.7 Å². The third-order valence-electron chi connectivity index (χ3n) is 1.08. The van der Waals surface area contributed by atoms with Gasteiger partial charge in [-0.05, 0) is 32.1 Å². The fourth-order valence-corrected chi connectivity index (χ4v) is 1.50. The molecule has 0 rings (SSSR count). The molecule has 0 heterocycles. The van der Waals surface area contributed by atoms with Crippen LogP contribution >= 0.6 is 6.72 Å². The highest BCUT2D eigenvalue weighted by molar-refractivity contribution is 8.07. The van der Waals surface area contributed by atoms with Crippen LogP contribution in [0.15, 0.2) is 0 Å². The summed E-state index contributed by atoms with van der Waals surface area (Å²) in [6.07, 6.45) is 1.70. The summed E-state index contributed by atoms with van der Waals surface area (Å²) in [5.41, 5.74) is 0. The summed E-state index contributed by atoms with van der Waals surface area (Å²) in [5, 5.41) is 0. The maximum absolute atomic E-state index is 9.35. The summed E-state index contributed by atoms with van der Waals surface area (Å²) in [6.45, 7) is 2.83. The second-order valence-corrected chi connectivity index (χ2v) is 5.60. The first kappa shape index (κ1) is 13.5. The van der Waals surface area contributed by atoms with Gasteiger partial charge in [-0.3, -0.25) is 0 Å². The van der Waals surface area contributed by atoms with Crippen LogP contribution in [0.3, 0.4) is 0 Å². The van der Waals surface area contributed by atoms with E-state index in [0.29, 0.717) is 6.61 Å². The van der Waals surface area contributed by atoms with Crippen molar-refractivity contribution in [3.05, 3.63) is 0 Å². The molecule has 0 spiro atoms. The van der Waals surface area contributed by atoms with Crippen molar-refractivity contribution >= 4 is 18.5 Å². The molecule has 0 saturated heterocycles. The molecule has 4 nitrogen and oxygen atoms in total. The van der Waals surface area contributed by atoms with Gasteiger partial charge >= 0.3 is 6.72 Å². The monoisotopic (exact) mass is 228 g/mol. The lowest BCUT2D eigenvalue weighted by atomic mass is 10.4. The molecule has 0 aromatic heterocycles. The number of hydrogen-bond donors (Lipinski definition) is 1. The van der Waals surface area contributed by atoms with Crippen molar-refractivity contribution in [2.24, 2.45) is 0 Å². The average molecular weight is 228 g/mol. The Balaban J connectivity index is 3.61. The molecule has 1 N–H and O–H groups in total. The van der Waals surface area contributed by atoms with E-state index in [0.717, 1.165) is 12.8 Å². The zero-order valence-electron chi connectivity index (χ0n) is 8.23. The van der Waals surface area contributed by atoms with Crippen molar-refractivity contribution in [2.75, 3.05) is 6.61 Å². The van der Waals surface area contributed by atoms with Gasteiger partial charge in [0.1, 0.15) is 0 Å². The minimum absolute atomic E-state index is 0.135. The minimum Gasteiger partial charge on any atom is -0.323 e. The van der Waals surface area contributed by atoms with Crippen molar-refractivity contribution in [3.8, 4) is 0 Å². The lowest BCUT2D eigenvalue weighted by Gasteiger charge is -2.15. The molecular weight excluding hydrogens is 211 g/mol.